The Morgan fingerprint density at radius 2 is 1.59 bits per heavy atom. The number of alkyl halides is 2. The predicted molar refractivity (Wildman–Crippen MR) is 53.6 cm³/mol. The third-order valence-corrected chi connectivity index (χ3v) is 1.91. The molecular formula is C10H16F2O5. The second kappa shape index (κ2) is 8.08. The van der Waals surface area contributed by atoms with Crippen LogP contribution in [0.15, 0.2) is 0 Å². The van der Waals surface area contributed by atoms with Gasteiger partial charge in [-0.2, -0.15) is 0 Å². The Labute approximate surface area is 98.0 Å². The van der Waals surface area contributed by atoms with E-state index in [0.29, 0.717) is 0 Å². The Morgan fingerprint density at radius 1 is 1.12 bits per heavy atom. The fourth-order valence-corrected chi connectivity index (χ4v) is 1.19. The van der Waals surface area contributed by atoms with E-state index in [2.05, 4.69) is 4.74 Å². The van der Waals surface area contributed by atoms with Crippen LogP contribution in [-0.2, 0) is 23.8 Å². The van der Waals surface area contributed by atoms with Crippen molar-refractivity contribution in [1.82, 2.24) is 0 Å². The molecule has 0 aromatic rings. The molecule has 0 aliphatic carbocycles. The van der Waals surface area contributed by atoms with Crippen LogP contribution in [0.4, 0.5) is 8.78 Å². The highest BCUT2D eigenvalue weighted by Gasteiger charge is 2.41. The number of hydrogen-bond acceptors (Lipinski definition) is 5. The van der Waals surface area contributed by atoms with Gasteiger partial charge >= 0.3 is 5.97 Å². The summed E-state index contributed by atoms with van der Waals surface area (Å²) in [6.45, 7) is 3.42. The summed E-state index contributed by atoms with van der Waals surface area (Å²) in [6.07, 6.45) is -4.62. The van der Waals surface area contributed by atoms with Crippen molar-refractivity contribution in [2.45, 2.75) is 26.6 Å². The molecule has 0 N–H and O–H groups in total. The molecule has 0 aromatic carbocycles. The highest BCUT2D eigenvalue weighted by atomic mass is 19.3. The molecule has 0 saturated carbocycles. The minimum absolute atomic E-state index is 0.120. The zero-order valence-electron chi connectivity index (χ0n) is 9.94. The number of ketones is 1. The molecule has 5 nitrogen and oxygen atoms in total. The summed E-state index contributed by atoms with van der Waals surface area (Å²) in [5, 5.41) is 0. The summed E-state index contributed by atoms with van der Waals surface area (Å²) >= 11 is 0. The van der Waals surface area contributed by atoms with Gasteiger partial charge in [-0.15, -0.1) is 0 Å². The van der Waals surface area contributed by atoms with E-state index in [1.807, 2.05) is 0 Å². The number of carbonyl (C=O) groups excluding carboxylic acids is 2. The van der Waals surface area contributed by atoms with Crippen molar-refractivity contribution in [2.75, 3.05) is 20.3 Å². The van der Waals surface area contributed by atoms with Crippen molar-refractivity contribution in [3.63, 3.8) is 0 Å². The van der Waals surface area contributed by atoms with Crippen LogP contribution < -0.4 is 0 Å². The van der Waals surface area contributed by atoms with Crippen LogP contribution in [0.25, 0.3) is 0 Å². The number of hydrogen-bond donors (Lipinski definition) is 0. The molecule has 0 saturated heterocycles. The number of esters is 1. The van der Waals surface area contributed by atoms with Gasteiger partial charge in [-0.05, 0) is 13.8 Å². The number of Topliss-reactive ketones (excluding diaryl/α,β-unsaturated/α-hetero) is 1. The van der Waals surface area contributed by atoms with Crippen LogP contribution in [0.2, 0.25) is 0 Å². The smallest absolute Gasteiger partial charge is 0.321 e. The Hall–Kier alpha value is -1.08. The lowest BCUT2D eigenvalue weighted by molar-refractivity contribution is -0.193. The molecule has 100 valence electrons. The zero-order valence-corrected chi connectivity index (χ0v) is 9.94. The van der Waals surface area contributed by atoms with E-state index in [0.717, 1.165) is 7.11 Å². The zero-order chi connectivity index (χ0) is 13.4. The first-order valence-electron chi connectivity index (χ1n) is 5.12. The van der Waals surface area contributed by atoms with E-state index in [4.69, 9.17) is 9.47 Å². The molecule has 0 fully saturated rings. The topological polar surface area (TPSA) is 61.8 Å². The second-order valence-corrected chi connectivity index (χ2v) is 2.98. The molecule has 0 spiro atoms. The minimum Gasteiger partial charge on any atom is -0.468 e. The summed E-state index contributed by atoms with van der Waals surface area (Å²) in [4.78, 5) is 22.5. The van der Waals surface area contributed by atoms with Crippen LogP contribution in [0.5, 0.6) is 0 Å². The standard InChI is InChI=1S/C10H16F2O5/c1-4-16-10(17-5-2)6(9(14)15-3)7(13)8(11)12/h6,8,10H,4-5H2,1-3H3. The lowest BCUT2D eigenvalue weighted by atomic mass is 10.0. The largest absolute Gasteiger partial charge is 0.468 e. The Bertz CT molecular complexity index is 251. The van der Waals surface area contributed by atoms with Crippen LogP contribution >= 0.6 is 0 Å². The quantitative estimate of drug-likeness (QED) is 0.367. The van der Waals surface area contributed by atoms with Gasteiger partial charge in [0, 0.05) is 13.2 Å². The van der Waals surface area contributed by atoms with E-state index in [1.165, 1.54) is 0 Å². The number of methoxy groups -OCH3 is 1. The molecular weight excluding hydrogens is 238 g/mol. The van der Waals surface area contributed by atoms with Gasteiger partial charge in [-0.25, -0.2) is 8.78 Å². The van der Waals surface area contributed by atoms with Gasteiger partial charge in [-0.3, -0.25) is 9.59 Å². The van der Waals surface area contributed by atoms with Crippen LogP contribution in [0.1, 0.15) is 13.8 Å². The Balaban J connectivity index is 4.97. The molecule has 1 unspecified atom stereocenters. The first-order chi connectivity index (χ1) is 7.99. The lowest BCUT2D eigenvalue weighted by Gasteiger charge is -2.23. The summed E-state index contributed by atoms with van der Waals surface area (Å²) in [7, 11) is 1.00. The summed E-state index contributed by atoms with van der Waals surface area (Å²) in [6, 6.07) is 0. The molecule has 0 bridgehead atoms. The predicted octanol–water partition coefficient (Wildman–Crippen LogP) is 1.01. The van der Waals surface area contributed by atoms with Crippen LogP contribution in [-0.4, -0.2) is 44.8 Å². The van der Waals surface area contributed by atoms with Crippen LogP contribution in [0.3, 0.4) is 0 Å². The third-order valence-electron chi connectivity index (χ3n) is 1.91. The molecule has 0 aliphatic heterocycles. The highest BCUT2D eigenvalue weighted by Crippen LogP contribution is 2.17. The van der Waals surface area contributed by atoms with Gasteiger partial charge in [-0.1, -0.05) is 0 Å². The van der Waals surface area contributed by atoms with E-state index >= 15 is 0 Å². The molecule has 17 heavy (non-hydrogen) atoms. The minimum atomic E-state index is -3.28. The van der Waals surface area contributed by atoms with Crippen molar-refractivity contribution < 1.29 is 32.6 Å². The van der Waals surface area contributed by atoms with Crippen molar-refractivity contribution in [2.24, 2.45) is 5.92 Å². The average Bonchev–Trinajstić information content (AvgIpc) is 2.29. The van der Waals surface area contributed by atoms with Gasteiger partial charge in [0.25, 0.3) is 6.43 Å². The normalized spacial score (nSPS) is 12.9. The Morgan fingerprint density at radius 3 is 1.88 bits per heavy atom. The Kier molecular flexibility index (Phi) is 7.56. The first-order valence-corrected chi connectivity index (χ1v) is 5.12. The van der Waals surface area contributed by atoms with Gasteiger partial charge in [0.2, 0.25) is 5.78 Å². The second-order valence-electron chi connectivity index (χ2n) is 2.98. The molecule has 0 radical (unpaired) electrons. The molecule has 0 aromatic heterocycles. The number of rotatable bonds is 8. The van der Waals surface area contributed by atoms with Gasteiger partial charge in [0.05, 0.1) is 7.11 Å². The fraction of sp³-hybridized carbons (Fsp3) is 0.800. The van der Waals surface area contributed by atoms with E-state index in [9.17, 15) is 18.4 Å². The van der Waals surface area contributed by atoms with Gasteiger partial charge in [0.1, 0.15) is 0 Å². The van der Waals surface area contributed by atoms with E-state index in [-0.39, 0.29) is 13.2 Å². The maximum Gasteiger partial charge on any atom is 0.321 e. The monoisotopic (exact) mass is 254 g/mol. The summed E-state index contributed by atoms with van der Waals surface area (Å²) < 4.78 is 38.9. The number of halogens is 2. The number of ether oxygens (including phenoxy) is 3. The summed E-state index contributed by atoms with van der Waals surface area (Å²) in [5.41, 5.74) is 0. The molecule has 7 heteroatoms. The van der Waals surface area contributed by atoms with Crippen molar-refractivity contribution in [3.05, 3.63) is 0 Å². The van der Waals surface area contributed by atoms with E-state index < -0.39 is 30.4 Å². The van der Waals surface area contributed by atoms with E-state index in [1.54, 1.807) is 13.8 Å². The fourth-order valence-electron chi connectivity index (χ4n) is 1.19. The molecule has 0 amide bonds. The first kappa shape index (κ1) is 15.9. The maximum absolute atomic E-state index is 12.3. The lowest BCUT2D eigenvalue weighted by Crippen LogP contribution is -2.42. The molecule has 1 atom stereocenters. The van der Waals surface area contributed by atoms with Crippen molar-refractivity contribution in [3.8, 4) is 0 Å². The van der Waals surface area contributed by atoms with Crippen LogP contribution in [0, 0.1) is 5.92 Å². The number of carbonyl (C=O) groups is 2. The highest BCUT2D eigenvalue weighted by molar-refractivity contribution is 6.01. The molecule has 0 rings (SSSR count). The average molecular weight is 254 g/mol. The molecule has 0 aliphatic rings. The SMILES string of the molecule is CCOC(OCC)C(C(=O)OC)C(=O)C(F)F. The van der Waals surface area contributed by atoms with Crippen molar-refractivity contribution >= 4 is 11.8 Å². The summed E-state index contributed by atoms with van der Waals surface area (Å²) in [5.74, 6) is -4.43. The third kappa shape index (κ3) is 4.74. The van der Waals surface area contributed by atoms with Gasteiger partial charge in [0.15, 0.2) is 12.2 Å². The maximum atomic E-state index is 12.3. The van der Waals surface area contributed by atoms with Crippen molar-refractivity contribution in [1.29, 1.82) is 0 Å². The molecule has 0 heterocycles. The van der Waals surface area contributed by atoms with Gasteiger partial charge < -0.3 is 14.2 Å².